The van der Waals surface area contributed by atoms with E-state index < -0.39 is 9.84 Å². The molecule has 1 atom stereocenters. The summed E-state index contributed by atoms with van der Waals surface area (Å²) in [4.78, 5) is 20.0. The monoisotopic (exact) mass is 439 g/mol. The van der Waals surface area contributed by atoms with Crippen molar-refractivity contribution in [2.75, 3.05) is 44.2 Å². The summed E-state index contributed by atoms with van der Waals surface area (Å²) < 4.78 is 24.1. The van der Waals surface area contributed by atoms with E-state index in [2.05, 4.69) is 26.6 Å². The average molecular weight is 440 g/mol. The maximum atomic E-state index is 13.3. The molecule has 8 heteroatoms. The molecule has 1 saturated carbocycles. The molecule has 3 fully saturated rings. The molecule has 1 aromatic rings. The van der Waals surface area contributed by atoms with Gasteiger partial charge in [0.25, 0.3) is 0 Å². The fourth-order valence-electron chi connectivity index (χ4n) is 5.08. The molecule has 0 unspecified atom stereocenters. The largest absolute Gasteiger partial charge is 0.335 e. The highest BCUT2D eigenvalue weighted by Gasteiger charge is 2.39. The van der Waals surface area contributed by atoms with Crippen molar-refractivity contribution in [2.24, 2.45) is 0 Å². The van der Waals surface area contributed by atoms with Crippen LogP contribution in [0.4, 0.5) is 0 Å². The molecular weight excluding hydrogens is 406 g/mol. The van der Waals surface area contributed by atoms with Crippen molar-refractivity contribution in [3.8, 4) is 0 Å². The molecule has 1 aliphatic carbocycles. The highest BCUT2D eigenvalue weighted by Crippen LogP contribution is 2.28. The smallest absolute Gasteiger partial charge is 0.237 e. The quantitative estimate of drug-likeness (QED) is 0.680. The molecule has 0 N–H and O–H groups in total. The number of piperazine rings is 1. The summed E-state index contributed by atoms with van der Waals surface area (Å²) in [7, 11) is -2.99. The van der Waals surface area contributed by atoms with Crippen LogP contribution in [-0.4, -0.2) is 85.3 Å². The Labute approximate surface area is 178 Å². The van der Waals surface area contributed by atoms with E-state index in [0.29, 0.717) is 13.0 Å². The second-order valence-electron chi connectivity index (χ2n) is 8.83. The predicted molar refractivity (Wildman–Crippen MR) is 117 cm³/mol. The van der Waals surface area contributed by atoms with E-state index in [1.165, 1.54) is 12.0 Å². The number of nitrogens with zero attached hydrogens (tertiary/aromatic N) is 3. The van der Waals surface area contributed by atoms with Crippen LogP contribution < -0.4 is 0 Å². The predicted octanol–water partition coefficient (Wildman–Crippen LogP) is 2.21. The summed E-state index contributed by atoms with van der Waals surface area (Å²) in [6, 6.07) is 2.29. The summed E-state index contributed by atoms with van der Waals surface area (Å²) in [5.74, 6) is 0.532. The highest BCUT2D eigenvalue weighted by molar-refractivity contribution is 7.91. The van der Waals surface area contributed by atoms with E-state index in [4.69, 9.17) is 0 Å². The van der Waals surface area contributed by atoms with Gasteiger partial charge in [-0.3, -0.25) is 14.6 Å². The van der Waals surface area contributed by atoms with Crippen LogP contribution in [0.5, 0.6) is 0 Å². The summed E-state index contributed by atoms with van der Waals surface area (Å²) in [6.07, 6.45) is 6.18. The first-order valence-electron chi connectivity index (χ1n) is 11.0. The number of hydrogen-bond donors (Lipinski definition) is 0. The van der Waals surface area contributed by atoms with Crippen LogP contribution in [0.15, 0.2) is 16.8 Å². The van der Waals surface area contributed by atoms with Crippen molar-refractivity contribution in [3.05, 3.63) is 22.4 Å². The summed E-state index contributed by atoms with van der Waals surface area (Å²) in [5, 5.41) is 4.32. The highest BCUT2D eigenvalue weighted by atomic mass is 32.2. The fourth-order valence-corrected chi connectivity index (χ4v) is 7.45. The Bertz CT molecular complexity index is 767. The number of sulfone groups is 1. The van der Waals surface area contributed by atoms with Gasteiger partial charge in [-0.15, -0.1) is 0 Å². The van der Waals surface area contributed by atoms with Crippen LogP contribution in [0.2, 0.25) is 0 Å². The van der Waals surface area contributed by atoms with Crippen LogP contribution in [0.25, 0.3) is 0 Å². The van der Waals surface area contributed by atoms with Gasteiger partial charge in [0.05, 0.1) is 18.1 Å². The zero-order valence-electron chi connectivity index (χ0n) is 17.2. The molecule has 0 radical (unpaired) electrons. The van der Waals surface area contributed by atoms with Gasteiger partial charge in [-0.05, 0) is 41.7 Å². The van der Waals surface area contributed by atoms with Crippen LogP contribution in [-0.2, 0) is 21.2 Å². The van der Waals surface area contributed by atoms with Crippen molar-refractivity contribution in [1.29, 1.82) is 0 Å². The van der Waals surface area contributed by atoms with Gasteiger partial charge in [-0.2, -0.15) is 11.3 Å². The van der Waals surface area contributed by atoms with E-state index in [0.717, 1.165) is 58.4 Å². The molecule has 4 rings (SSSR count). The van der Waals surface area contributed by atoms with Gasteiger partial charge in [-0.1, -0.05) is 19.3 Å². The van der Waals surface area contributed by atoms with Gasteiger partial charge in [0.2, 0.25) is 5.91 Å². The van der Waals surface area contributed by atoms with E-state index in [9.17, 15) is 13.2 Å². The van der Waals surface area contributed by atoms with Gasteiger partial charge in [-0.25, -0.2) is 8.42 Å². The first kappa shape index (κ1) is 21.3. The second-order valence-corrected chi connectivity index (χ2v) is 11.8. The van der Waals surface area contributed by atoms with Gasteiger partial charge in [0, 0.05) is 44.8 Å². The maximum Gasteiger partial charge on any atom is 0.237 e. The average Bonchev–Trinajstić information content (AvgIpc) is 3.34. The lowest BCUT2D eigenvalue weighted by Gasteiger charge is -2.40. The van der Waals surface area contributed by atoms with Crippen molar-refractivity contribution in [2.45, 2.75) is 57.2 Å². The Hall–Kier alpha value is -0.960. The number of carbonyl (C=O) groups is 1. The number of thiophene rings is 1. The minimum Gasteiger partial charge on any atom is -0.335 e. The molecule has 3 aliphatic rings. The molecule has 1 aromatic heterocycles. The van der Waals surface area contributed by atoms with Crippen molar-refractivity contribution < 1.29 is 13.2 Å². The Morgan fingerprint density at radius 2 is 1.76 bits per heavy atom. The molecule has 0 spiro atoms. The standard InChI is InChI=1S/C21H33N3O3S2/c25-21(15-23-10-8-22(9-11-23)14-18-6-12-28-16-18)24(19-4-2-1-3-5-19)20-7-13-29(26,27)17-20/h6,12,16,19-20H,1-5,7-11,13-15,17H2/t20-/m1/s1. The Kier molecular flexibility index (Phi) is 6.94. The molecule has 0 bridgehead atoms. The Morgan fingerprint density at radius 3 is 2.38 bits per heavy atom. The lowest BCUT2D eigenvalue weighted by molar-refractivity contribution is -0.138. The van der Waals surface area contributed by atoms with Crippen molar-refractivity contribution >= 4 is 27.1 Å². The van der Waals surface area contributed by atoms with E-state index in [1.54, 1.807) is 11.3 Å². The van der Waals surface area contributed by atoms with E-state index in [-0.39, 0.29) is 29.5 Å². The number of rotatable bonds is 6. The molecule has 29 heavy (non-hydrogen) atoms. The SMILES string of the molecule is O=C(CN1CCN(Cc2ccsc2)CC1)N(C1CCCCC1)[C@@H]1CCS(=O)(=O)C1. The minimum absolute atomic E-state index is 0.115. The Balaban J connectivity index is 1.34. The number of hydrogen-bond acceptors (Lipinski definition) is 6. The van der Waals surface area contributed by atoms with Crippen LogP contribution in [0.1, 0.15) is 44.1 Å². The van der Waals surface area contributed by atoms with Gasteiger partial charge in [0.15, 0.2) is 9.84 Å². The number of carbonyl (C=O) groups excluding carboxylic acids is 1. The molecule has 0 aromatic carbocycles. The topological polar surface area (TPSA) is 60.9 Å². The van der Waals surface area contributed by atoms with Crippen LogP contribution >= 0.6 is 11.3 Å². The van der Waals surface area contributed by atoms with Crippen LogP contribution in [0, 0.1) is 0 Å². The normalized spacial score (nSPS) is 26.6. The maximum absolute atomic E-state index is 13.3. The third-order valence-electron chi connectivity index (χ3n) is 6.67. The van der Waals surface area contributed by atoms with Crippen LogP contribution in [0.3, 0.4) is 0 Å². The lowest BCUT2D eigenvalue weighted by atomic mass is 9.92. The fraction of sp³-hybridized carbons (Fsp3) is 0.762. The third-order valence-corrected chi connectivity index (χ3v) is 9.15. The third kappa shape index (κ3) is 5.60. The van der Waals surface area contributed by atoms with Crippen molar-refractivity contribution in [1.82, 2.24) is 14.7 Å². The molecule has 1 amide bonds. The molecule has 2 aliphatic heterocycles. The van der Waals surface area contributed by atoms with Gasteiger partial charge >= 0.3 is 0 Å². The summed E-state index contributed by atoms with van der Waals surface area (Å²) >= 11 is 1.74. The first-order chi connectivity index (χ1) is 14.0. The van der Waals surface area contributed by atoms with Gasteiger partial charge in [0.1, 0.15) is 0 Å². The lowest BCUT2D eigenvalue weighted by Crippen LogP contribution is -2.54. The second kappa shape index (κ2) is 9.45. The summed E-state index contributed by atoms with van der Waals surface area (Å²) in [5.41, 5.74) is 1.37. The number of amides is 1. The van der Waals surface area contributed by atoms with Gasteiger partial charge < -0.3 is 4.90 Å². The van der Waals surface area contributed by atoms with E-state index >= 15 is 0 Å². The Morgan fingerprint density at radius 1 is 1.03 bits per heavy atom. The summed E-state index contributed by atoms with van der Waals surface area (Å²) in [6.45, 7) is 5.17. The molecule has 162 valence electrons. The minimum atomic E-state index is -2.99. The zero-order valence-corrected chi connectivity index (χ0v) is 18.8. The van der Waals surface area contributed by atoms with E-state index in [1.807, 2.05) is 4.90 Å². The van der Waals surface area contributed by atoms with Crippen molar-refractivity contribution in [3.63, 3.8) is 0 Å². The molecule has 6 nitrogen and oxygen atoms in total. The molecule has 2 saturated heterocycles. The zero-order chi connectivity index (χ0) is 20.3. The molecule has 3 heterocycles. The first-order valence-corrected chi connectivity index (χ1v) is 13.7. The molecular formula is C21H33N3O3S2.